The third-order valence-corrected chi connectivity index (χ3v) is 8.45. The molecule has 13 heteroatoms. The van der Waals surface area contributed by atoms with Gasteiger partial charge in [-0.3, -0.25) is 4.79 Å². The van der Waals surface area contributed by atoms with Crippen LogP contribution in [0.3, 0.4) is 0 Å². The number of aromatic nitrogens is 4. The van der Waals surface area contributed by atoms with E-state index in [1.807, 2.05) is 11.8 Å². The minimum Gasteiger partial charge on any atom is -0.350 e. The molecule has 1 atom stereocenters. The zero-order valence-corrected chi connectivity index (χ0v) is 24.1. The molecule has 3 aromatic heterocycles. The highest BCUT2D eigenvalue weighted by molar-refractivity contribution is 7.90. The maximum Gasteiger partial charge on any atom is 0.355 e. The van der Waals surface area contributed by atoms with Crippen LogP contribution in [-0.4, -0.2) is 70.7 Å². The number of fused-ring (bicyclic) bond motifs is 1. The van der Waals surface area contributed by atoms with E-state index in [9.17, 15) is 18.0 Å². The number of hydrogen-bond acceptors (Lipinski definition) is 8. The van der Waals surface area contributed by atoms with Gasteiger partial charge in [-0.25, -0.2) is 32.1 Å². The minimum atomic E-state index is -3.80. The van der Waals surface area contributed by atoms with Crippen molar-refractivity contribution in [1.82, 2.24) is 24.4 Å². The maximum absolute atomic E-state index is 15.8. The van der Waals surface area contributed by atoms with Gasteiger partial charge in [0.1, 0.15) is 22.5 Å². The van der Waals surface area contributed by atoms with Crippen molar-refractivity contribution in [3.05, 3.63) is 82.3 Å². The largest absolute Gasteiger partial charge is 0.355 e. The van der Waals surface area contributed by atoms with Gasteiger partial charge in [-0.05, 0) is 49.8 Å². The van der Waals surface area contributed by atoms with Crippen LogP contribution in [0.5, 0.6) is 0 Å². The van der Waals surface area contributed by atoms with Crippen LogP contribution in [0.4, 0.5) is 10.2 Å². The minimum absolute atomic E-state index is 0.00535. The molecule has 4 aromatic rings. The Kier molecular flexibility index (Phi) is 7.39. The lowest BCUT2D eigenvalue weighted by atomic mass is 10.1. The summed E-state index contributed by atoms with van der Waals surface area (Å²) in [7, 11) is -3.80. The molecule has 1 aliphatic heterocycles. The highest BCUT2D eigenvalue weighted by Gasteiger charge is 2.31. The number of benzene rings is 1. The molecule has 1 aromatic carbocycles. The molecule has 1 saturated heterocycles. The van der Waals surface area contributed by atoms with Gasteiger partial charge in [0, 0.05) is 43.7 Å². The predicted molar refractivity (Wildman–Crippen MR) is 155 cm³/mol. The second-order valence-corrected chi connectivity index (χ2v) is 12.2. The molecule has 10 nitrogen and oxygen atoms in total. The van der Waals surface area contributed by atoms with Gasteiger partial charge in [0.25, 0.3) is 0 Å². The van der Waals surface area contributed by atoms with Crippen LogP contribution in [0, 0.1) is 12.7 Å². The number of halogens is 2. The number of sulfone groups is 1. The molecule has 0 spiro atoms. The Bertz CT molecular complexity index is 1900. The number of aryl methyl sites for hydroxylation is 1. The van der Waals surface area contributed by atoms with Crippen LogP contribution >= 0.6 is 11.6 Å². The van der Waals surface area contributed by atoms with Crippen LogP contribution in [0.1, 0.15) is 12.5 Å². The molecule has 41 heavy (non-hydrogen) atoms. The summed E-state index contributed by atoms with van der Waals surface area (Å²) >= 11 is 6.28. The first kappa shape index (κ1) is 28.4. The van der Waals surface area contributed by atoms with E-state index >= 15 is 4.39 Å². The van der Waals surface area contributed by atoms with Gasteiger partial charge in [-0.15, -0.1) is 0 Å². The predicted octanol–water partition coefficient (Wildman–Crippen LogP) is 3.57. The van der Waals surface area contributed by atoms with E-state index in [0.29, 0.717) is 25.2 Å². The molecule has 0 saturated carbocycles. The van der Waals surface area contributed by atoms with Crippen molar-refractivity contribution in [2.45, 2.75) is 24.8 Å². The normalized spacial score (nSPS) is 15.8. The number of carbonyl (C=O) groups is 1. The third kappa shape index (κ3) is 5.08. The van der Waals surface area contributed by atoms with Gasteiger partial charge < -0.3 is 9.80 Å². The highest BCUT2D eigenvalue weighted by atomic mass is 35.5. The van der Waals surface area contributed by atoms with Crippen molar-refractivity contribution in [3.8, 4) is 16.9 Å². The second-order valence-electron chi connectivity index (χ2n) is 9.81. The van der Waals surface area contributed by atoms with E-state index in [0.717, 1.165) is 10.8 Å². The molecule has 0 aliphatic carbocycles. The number of piperazine rings is 1. The fraction of sp³-hybridized carbons (Fsp3) is 0.250. The Labute approximate surface area is 240 Å². The zero-order chi connectivity index (χ0) is 29.6. The first-order chi connectivity index (χ1) is 19.4. The zero-order valence-electron chi connectivity index (χ0n) is 22.5. The highest BCUT2D eigenvalue weighted by Crippen LogP contribution is 2.34. The lowest BCUT2D eigenvalue weighted by Crippen LogP contribution is -2.54. The van der Waals surface area contributed by atoms with Crippen molar-refractivity contribution in [1.29, 1.82) is 0 Å². The lowest BCUT2D eigenvalue weighted by molar-refractivity contribution is -0.126. The molecule has 0 unspecified atom stereocenters. The second kappa shape index (κ2) is 10.7. The Morgan fingerprint density at radius 3 is 2.61 bits per heavy atom. The lowest BCUT2D eigenvalue weighted by Gasteiger charge is -2.40. The molecule has 0 N–H and O–H groups in total. The van der Waals surface area contributed by atoms with Gasteiger partial charge in [-0.1, -0.05) is 30.3 Å². The summed E-state index contributed by atoms with van der Waals surface area (Å²) < 4.78 is 42.5. The van der Waals surface area contributed by atoms with Crippen molar-refractivity contribution in [2.24, 2.45) is 0 Å². The van der Waals surface area contributed by atoms with Gasteiger partial charge in [0.05, 0.1) is 16.0 Å². The Hall–Kier alpha value is -4.16. The first-order valence-electron chi connectivity index (χ1n) is 12.6. The van der Waals surface area contributed by atoms with E-state index < -0.39 is 21.3 Å². The van der Waals surface area contributed by atoms with Crippen molar-refractivity contribution >= 4 is 44.2 Å². The number of pyridine rings is 2. The Balaban J connectivity index is 1.84. The van der Waals surface area contributed by atoms with Gasteiger partial charge >= 0.3 is 5.69 Å². The van der Waals surface area contributed by atoms with Gasteiger partial charge in [0.2, 0.25) is 5.91 Å². The summed E-state index contributed by atoms with van der Waals surface area (Å²) in [5.74, 6) is -0.783. The molecule has 1 aliphatic rings. The van der Waals surface area contributed by atoms with Gasteiger partial charge in [0.15, 0.2) is 15.5 Å². The molecule has 0 radical (unpaired) electrons. The SMILES string of the molecule is C=CC(=O)N1CCN(c2nc(=O)n(-c3c(C)cccc3S(C)(=O)=O)c3nc(-c4cccnc4Cl)c(F)cc23)[C@@H](C)C1. The van der Waals surface area contributed by atoms with E-state index in [1.165, 1.54) is 24.4 Å². The average molecular weight is 597 g/mol. The number of carbonyl (C=O) groups excluding carboxylic acids is 1. The summed E-state index contributed by atoms with van der Waals surface area (Å²) in [6, 6.07) is 8.67. The first-order valence-corrected chi connectivity index (χ1v) is 14.9. The van der Waals surface area contributed by atoms with Crippen LogP contribution in [0.25, 0.3) is 28.0 Å². The van der Waals surface area contributed by atoms with E-state index in [4.69, 9.17) is 11.6 Å². The average Bonchev–Trinajstić information content (AvgIpc) is 2.92. The van der Waals surface area contributed by atoms with Crippen molar-refractivity contribution < 1.29 is 17.6 Å². The fourth-order valence-corrected chi connectivity index (χ4v) is 6.24. The summed E-state index contributed by atoms with van der Waals surface area (Å²) in [5, 5.41) is 0.190. The topological polar surface area (TPSA) is 118 Å². The number of nitrogens with zero attached hydrogens (tertiary/aromatic N) is 6. The number of hydrogen-bond donors (Lipinski definition) is 0. The third-order valence-electron chi connectivity index (χ3n) is 7.03. The molecule has 212 valence electrons. The molecule has 5 rings (SSSR count). The summed E-state index contributed by atoms with van der Waals surface area (Å²) in [5.41, 5.74) is -0.226. The molecule has 4 heterocycles. The molecular weight excluding hydrogens is 571 g/mol. The maximum atomic E-state index is 15.8. The summed E-state index contributed by atoms with van der Waals surface area (Å²) in [6.45, 7) is 8.03. The standard InChI is InChI=1S/C28H26ClFN6O4S/c1-5-22(37)34-12-13-35(17(3)15-34)26-19-14-20(30)23(18-9-7-11-31-25(18)29)32-27(19)36(28(38)33-26)24-16(2)8-6-10-21(24)41(4,39)40/h5-11,14,17H,1,12-13,15H2,2-4H3/t17-/m0/s1. The molecule has 1 amide bonds. The summed E-state index contributed by atoms with van der Waals surface area (Å²) in [4.78, 5) is 42.3. The molecule has 1 fully saturated rings. The monoisotopic (exact) mass is 596 g/mol. The number of rotatable bonds is 5. The van der Waals surface area contributed by atoms with Crippen LogP contribution < -0.4 is 10.6 Å². The van der Waals surface area contributed by atoms with Crippen molar-refractivity contribution in [3.63, 3.8) is 0 Å². The summed E-state index contributed by atoms with van der Waals surface area (Å²) in [6.07, 6.45) is 3.73. The van der Waals surface area contributed by atoms with Crippen LogP contribution in [0.2, 0.25) is 5.15 Å². The molecule has 0 bridgehead atoms. The van der Waals surface area contributed by atoms with E-state index in [2.05, 4.69) is 21.5 Å². The smallest absolute Gasteiger partial charge is 0.350 e. The Morgan fingerprint density at radius 2 is 1.95 bits per heavy atom. The number of para-hydroxylation sites is 1. The van der Waals surface area contributed by atoms with Crippen LogP contribution in [-0.2, 0) is 14.6 Å². The van der Waals surface area contributed by atoms with Gasteiger partial charge in [-0.2, -0.15) is 4.98 Å². The fourth-order valence-electron chi connectivity index (χ4n) is 5.10. The van der Waals surface area contributed by atoms with E-state index in [1.54, 1.807) is 36.1 Å². The Morgan fingerprint density at radius 1 is 1.20 bits per heavy atom. The van der Waals surface area contributed by atoms with Crippen molar-refractivity contribution in [2.75, 3.05) is 30.8 Å². The molecular formula is C28H26ClFN6O4S. The van der Waals surface area contributed by atoms with E-state index in [-0.39, 0.29) is 55.8 Å². The number of amides is 1. The van der Waals surface area contributed by atoms with Crippen LogP contribution in [0.15, 0.2) is 64.9 Å². The quantitative estimate of drug-likeness (QED) is 0.253. The number of anilines is 1.